The second-order valence-electron chi connectivity index (χ2n) is 5.33. The highest BCUT2D eigenvalue weighted by molar-refractivity contribution is 5.85. The Kier molecular flexibility index (Phi) is 4.75. The first-order valence-corrected chi connectivity index (χ1v) is 6.85. The first-order chi connectivity index (χ1) is 9.62. The second-order valence-corrected chi connectivity index (χ2v) is 5.33. The van der Waals surface area contributed by atoms with Crippen LogP contribution in [0.15, 0.2) is 24.3 Å². The van der Waals surface area contributed by atoms with E-state index in [0.29, 0.717) is 13.2 Å². The third kappa shape index (κ3) is 2.85. The predicted molar refractivity (Wildman–Crippen MR) is 75.8 cm³/mol. The summed E-state index contributed by atoms with van der Waals surface area (Å²) in [7, 11) is 1.59. The number of nitrogens with zero attached hydrogens (tertiary/aromatic N) is 1. The van der Waals surface area contributed by atoms with E-state index in [1.54, 1.807) is 7.11 Å². The summed E-state index contributed by atoms with van der Waals surface area (Å²) in [5.41, 5.74) is 6.91. The maximum absolute atomic E-state index is 11.9. The highest BCUT2D eigenvalue weighted by Gasteiger charge is 2.46. The van der Waals surface area contributed by atoms with Gasteiger partial charge < -0.3 is 15.6 Å². The first kappa shape index (κ1) is 15.0. The zero-order chi connectivity index (χ0) is 14.6. The molecule has 1 aromatic carbocycles. The van der Waals surface area contributed by atoms with Gasteiger partial charge in [0.15, 0.2) is 0 Å². The molecular weight excluding hydrogens is 256 g/mol. The summed E-state index contributed by atoms with van der Waals surface area (Å²) in [6.07, 6.45) is 1.69. The molecule has 1 aromatic rings. The van der Waals surface area contributed by atoms with Crippen molar-refractivity contribution in [1.29, 1.82) is 0 Å². The van der Waals surface area contributed by atoms with Crippen molar-refractivity contribution in [1.82, 2.24) is 4.90 Å². The van der Waals surface area contributed by atoms with E-state index in [1.165, 1.54) is 0 Å². The van der Waals surface area contributed by atoms with E-state index in [9.17, 15) is 4.79 Å². The fraction of sp³-hybridized carbons (Fsp3) is 0.533. The molecule has 1 heterocycles. The van der Waals surface area contributed by atoms with Gasteiger partial charge in [0.25, 0.3) is 0 Å². The van der Waals surface area contributed by atoms with Gasteiger partial charge >= 0.3 is 0 Å². The molecule has 0 spiro atoms. The number of rotatable bonds is 6. The molecule has 110 valence electrons. The number of amides is 1. The average molecular weight is 278 g/mol. The molecule has 0 saturated carbocycles. The lowest BCUT2D eigenvalue weighted by Gasteiger charge is -2.35. The van der Waals surface area contributed by atoms with E-state index in [-0.39, 0.29) is 12.5 Å². The van der Waals surface area contributed by atoms with Gasteiger partial charge in [-0.3, -0.25) is 9.69 Å². The summed E-state index contributed by atoms with van der Waals surface area (Å²) in [6, 6.07) is 7.74. The van der Waals surface area contributed by atoms with Crippen LogP contribution in [-0.2, 0) is 22.7 Å². The van der Waals surface area contributed by atoms with E-state index in [0.717, 1.165) is 30.5 Å². The Morgan fingerprint density at radius 2 is 2.05 bits per heavy atom. The van der Waals surface area contributed by atoms with E-state index in [4.69, 9.17) is 15.6 Å². The zero-order valence-corrected chi connectivity index (χ0v) is 11.8. The van der Waals surface area contributed by atoms with Crippen molar-refractivity contribution in [3.05, 3.63) is 35.4 Å². The lowest BCUT2D eigenvalue weighted by atomic mass is 9.95. The molecule has 1 fully saturated rings. The lowest BCUT2D eigenvalue weighted by molar-refractivity contribution is -0.132. The Labute approximate surface area is 119 Å². The molecule has 0 bridgehead atoms. The Hall–Kier alpha value is -1.43. The number of methoxy groups -OCH3 is 1. The maximum Gasteiger partial charge on any atom is 0.240 e. The fourth-order valence-electron chi connectivity index (χ4n) is 2.89. The van der Waals surface area contributed by atoms with E-state index >= 15 is 0 Å². The van der Waals surface area contributed by atoms with Crippen molar-refractivity contribution in [2.45, 2.75) is 31.5 Å². The molecule has 1 unspecified atom stereocenters. The number of hydrogen-bond donors (Lipinski definition) is 2. The van der Waals surface area contributed by atoms with Crippen molar-refractivity contribution in [3.8, 4) is 0 Å². The Balaban J connectivity index is 2.15. The van der Waals surface area contributed by atoms with Gasteiger partial charge in [0.1, 0.15) is 5.54 Å². The molecule has 1 atom stereocenters. The van der Waals surface area contributed by atoms with E-state index < -0.39 is 5.54 Å². The number of carbonyl (C=O) groups is 1. The number of aliphatic hydroxyl groups excluding tert-OH is 1. The minimum absolute atomic E-state index is 0.0406. The number of nitrogens with two attached hydrogens (primary N) is 1. The van der Waals surface area contributed by atoms with Gasteiger partial charge in [-0.05, 0) is 30.5 Å². The van der Waals surface area contributed by atoms with Crippen LogP contribution in [0.25, 0.3) is 0 Å². The third-order valence-corrected chi connectivity index (χ3v) is 4.04. The molecule has 0 aromatic heterocycles. The molecule has 3 N–H and O–H groups in total. The number of likely N-dealkylation sites (tertiary alicyclic amines) is 1. The molecular formula is C15H22N2O3. The molecule has 1 saturated heterocycles. The highest BCUT2D eigenvalue weighted by Crippen LogP contribution is 2.31. The van der Waals surface area contributed by atoms with Gasteiger partial charge in [-0.25, -0.2) is 0 Å². The second kappa shape index (κ2) is 6.35. The first-order valence-electron chi connectivity index (χ1n) is 6.85. The minimum Gasteiger partial charge on any atom is -0.392 e. The quantitative estimate of drug-likeness (QED) is 0.801. The standard InChI is InChI=1S/C15H22N2O3/c1-20-11-15(14(16)19)7-2-8-17(15)9-12-3-5-13(10-18)6-4-12/h3-6,18H,2,7-11H2,1H3,(H2,16,19). The van der Waals surface area contributed by atoms with Crippen molar-refractivity contribution < 1.29 is 14.6 Å². The van der Waals surface area contributed by atoms with Crippen molar-refractivity contribution in [3.63, 3.8) is 0 Å². The maximum atomic E-state index is 11.9. The summed E-state index contributed by atoms with van der Waals surface area (Å²) < 4.78 is 5.22. The average Bonchev–Trinajstić information content (AvgIpc) is 2.84. The van der Waals surface area contributed by atoms with Crippen LogP contribution in [-0.4, -0.2) is 41.7 Å². The van der Waals surface area contributed by atoms with Crippen molar-refractivity contribution in [2.24, 2.45) is 5.73 Å². The summed E-state index contributed by atoms with van der Waals surface area (Å²) in [5.74, 6) is -0.316. The number of primary amides is 1. The molecule has 5 nitrogen and oxygen atoms in total. The van der Waals surface area contributed by atoms with Crippen molar-refractivity contribution in [2.75, 3.05) is 20.3 Å². The van der Waals surface area contributed by atoms with Crippen LogP contribution in [0.4, 0.5) is 0 Å². The molecule has 1 aliphatic heterocycles. The van der Waals surface area contributed by atoms with Crippen LogP contribution in [0.1, 0.15) is 24.0 Å². The SMILES string of the molecule is COCC1(C(N)=O)CCCN1Cc1ccc(CO)cc1. The Morgan fingerprint density at radius 1 is 1.40 bits per heavy atom. The molecule has 1 aliphatic rings. The fourth-order valence-corrected chi connectivity index (χ4v) is 2.89. The molecule has 5 heteroatoms. The Morgan fingerprint density at radius 3 is 2.60 bits per heavy atom. The summed E-state index contributed by atoms with van der Waals surface area (Å²) in [5, 5.41) is 9.05. The Bertz CT molecular complexity index is 461. The molecule has 2 rings (SSSR count). The highest BCUT2D eigenvalue weighted by atomic mass is 16.5. The monoisotopic (exact) mass is 278 g/mol. The van der Waals surface area contributed by atoms with E-state index in [2.05, 4.69) is 4.90 Å². The van der Waals surface area contributed by atoms with Gasteiger partial charge in [0, 0.05) is 13.7 Å². The number of hydrogen-bond acceptors (Lipinski definition) is 4. The zero-order valence-electron chi connectivity index (χ0n) is 11.8. The molecule has 0 radical (unpaired) electrons. The predicted octanol–water partition coefficient (Wildman–Crippen LogP) is 0.645. The van der Waals surface area contributed by atoms with Crippen LogP contribution in [0, 0.1) is 0 Å². The van der Waals surface area contributed by atoms with Crippen LogP contribution >= 0.6 is 0 Å². The van der Waals surface area contributed by atoms with Gasteiger partial charge in [-0.1, -0.05) is 24.3 Å². The largest absolute Gasteiger partial charge is 0.392 e. The topological polar surface area (TPSA) is 75.8 Å². The van der Waals surface area contributed by atoms with Crippen LogP contribution in [0.5, 0.6) is 0 Å². The summed E-state index contributed by atoms with van der Waals surface area (Å²) in [4.78, 5) is 14.0. The van der Waals surface area contributed by atoms with Crippen LogP contribution in [0.3, 0.4) is 0 Å². The van der Waals surface area contributed by atoms with E-state index in [1.807, 2.05) is 24.3 Å². The normalized spacial score (nSPS) is 23.1. The third-order valence-electron chi connectivity index (χ3n) is 4.04. The number of aliphatic hydroxyl groups is 1. The van der Waals surface area contributed by atoms with Gasteiger partial charge in [-0.15, -0.1) is 0 Å². The lowest BCUT2D eigenvalue weighted by Crippen LogP contribution is -2.56. The van der Waals surface area contributed by atoms with Gasteiger partial charge in [0.2, 0.25) is 5.91 Å². The number of carbonyl (C=O) groups excluding carboxylic acids is 1. The number of ether oxygens (including phenoxy) is 1. The molecule has 1 amide bonds. The van der Waals surface area contributed by atoms with Gasteiger partial charge in [-0.2, -0.15) is 0 Å². The summed E-state index contributed by atoms with van der Waals surface area (Å²) >= 11 is 0. The van der Waals surface area contributed by atoms with Crippen LogP contribution < -0.4 is 5.73 Å². The van der Waals surface area contributed by atoms with Gasteiger partial charge in [0.05, 0.1) is 13.2 Å². The van der Waals surface area contributed by atoms with Crippen molar-refractivity contribution >= 4 is 5.91 Å². The molecule has 20 heavy (non-hydrogen) atoms. The van der Waals surface area contributed by atoms with Crippen LogP contribution in [0.2, 0.25) is 0 Å². The smallest absolute Gasteiger partial charge is 0.240 e. The summed E-state index contributed by atoms with van der Waals surface area (Å²) in [6.45, 7) is 1.88. The number of benzene rings is 1. The minimum atomic E-state index is -0.690. The molecule has 0 aliphatic carbocycles.